The molecule has 1 aliphatic rings. The Morgan fingerprint density at radius 1 is 1.12 bits per heavy atom. The highest BCUT2D eigenvalue weighted by atomic mass is 32.1. The van der Waals surface area contributed by atoms with Gasteiger partial charge in [0.15, 0.2) is 5.13 Å². The number of nitrogens with one attached hydrogen (secondary N) is 2. The predicted molar refractivity (Wildman–Crippen MR) is 99.1 cm³/mol. The Labute approximate surface area is 144 Å². The first-order chi connectivity index (χ1) is 11.6. The quantitative estimate of drug-likeness (QED) is 0.731. The summed E-state index contributed by atoms with van der Waals surface area (Å²) in [6, 6.07) is 12.3. The molecule has 2 heterocycles. The van der Waals surface area contributed by atoms with Gasteiger partial charge in [0.05, 0.1) is 12.1 Å². The van der Waals surface area contributed by atoms with Gasteiger partial charge in [0.25, 0.3) is 0 Å². The van der Waals surface area contributed by atoms with Gasteiger partial charge in [0, 0.05) is 22.3 Å². The lowest BCUT2D eigenvalue weighted by molar-refractivity contribution is -0.115. The second kappa shape index (κ2) is 5.76. The number of carbonyl (C=O) groups is 1. The van der Waals surface area contributed by atoms with E-state index in [-0.39, 0.29) is 5.91 Å². The number of rotatable bonds is 3. The lowest BCUT2D eigenvalue weighted by Crippen LogP contribution is -2.03. The van der Waals surface area contributed by atoms with Crippen molar-refractivity contribution < 1.29 is 4.79 Å². The molecule has 0 fully saturated rings. The summed E-state index contributed by atoms with van der Waals surface area (Å²) in [5, 5.41) is 9.12. The summed E-state index contributed by atoms with van der Waals surface area (Å²) >= 11 is 1.58. The van der Waals surface area contributed by atoms with Crippen LogP contribution in [0.25, 0.3) is 11.3 Å². The van der Waals surface area contributed by atoms with Crippen molar-refractivity contribution in [3.63, 3.8) is 0 Å². The summed E-state index contributed by atoms with van der Waals surface area (Å²) < 4.78 is 0. The molecule has 1 aliphatic heterocycles. The van der Waals surface area contributed by atoms with Crippen molar-refractivity contribution >= 4 is 33.8 Å². The van der Waals surface area contributed by atoms with Crippen molar-refractivity contribution in [1.29, 1.82) is 0 Å². The standard InChI is InChI=1S/C19H17N3OS/c1-11-3-5-15(7-12(11)2)20-19-22-17(10-24-19)13-4-6-16-14(8-13)9-18(23)21-16/h3-8,10H,9H2,1-2H3,(H,20,22)(H,21,23). The molecule has 0 bridgehead atoms. The second-order valence-corrected chi connectivity index (χ2v) is 6.92. The molecule has 120 valence electrons. The SMILES string of the molecule is Cc1ccc(Nc2nc(-c3ccc4c(c3)CC(=O)N4)cs2)cc1C. The number of aryl methyl sites for hydroxylation is 2. The number of benzene rings is 2. The van der Waals surface area contributed by atoms with Crippen molar-refractivity contribution in [3.8, 4) is 11.3 Å². The third kappa shape index (κ3) is 2.78. The van der Waals surface area contributed by atoms with Crippen LogP contribution < -0.4 is 10.6 Å². The van der Waals surface area contributed by atoms with Gasteiger partial charge in [-0.05, 0) is 54.8 Å². The highest BCUT2D eigenvalue weighted by molar-refractivity contribution is 7.14. The van der Waals surface area contributed by atoms with Crippen LogP contribution in [-0.4, -0.2) is 10.9 Å². The zero-order valence-corrected chi connectivity index (χ0v) is 14.3. The molecule has 1 aromatic heterocycles. The summed E-state index contributed by atoms with van der Waals surface area (Å²) in [7, 11) is 0. The van der Waals surface area contributed by atoms with Crippen LogP contribution in [0.5, 0.6) is 0 Å². The Morgan fingerprint density at radius 3 is 2.83 bits per heavy atom. The van der Waals surface area contributed by atoms with E-state index in [4.69, 9.17) is 0 Å². The minimum Gasteiger partial charge on any atom is -0.332 e. The van der Waals surface area contributed by atoms with E-state index in [1.807, 2.05) is 23.6 Å². The molecular formula is C19H17N3OS. The molecule has 4 rings (SSSR count). The van der Waals surface area contributed by atoms with Crippen LogP contribution in [-0.2, 0) is 11.2 Å². The number of hydrogen-bond acceptors (Lipinski definition) is 4. The first-order valence-electron chi connectivity index (χ1n) is 7.81. The Kier molecular flexibility index (Phi) is 3.58. The van der Waals surface area contributed by atoms with E-state index >= 15 is 0 Å². The van der Waals surface area contributed by atoms with Gasteiger partial charge < -0.3 is 10.6 Å². The molecule has 0 saturated carbocycles. The number of fused-ring (bicyclic) bond motifs is 1. The highest BCUT2D eigenvalue weighted by Crippen LogP contribution is 2.31. The fourth-order valence-electron chi connectivity index (χ4n) is 2.80. The molecule has 3 aromatic rings. The van der Waals surface area contributed by atoms with Gasteiger partial charge >= 0.3 is 0 Å². The Balaban J connectivity index is 1.58. The van der Waals surface area contributed by atoms with E-state index in [2.05, 4.69) is 47.7 Å². The molecule has 2 aromatic carbocycles. The van der Waals surface area contributed by atoms with E-state index in [0.29, 0.717) is 6.42 Å². The largest absolute Gasteiger partial charge is 0.332 e. The molecule has 0 atom stereocenters. The molecule has 4 nitrogen and oxygen atoms in total. The lowest BCUT2D eigenvalue weighted by Gasteiger charge is -2.06. The fourth-order valence-corrected chi connectivity index (χ4v) is 3.53. The molecule has 24 heavy (non-hydrogen) atoms. The third-order valence-electron chi connectivity index (χ3n) is 4.29. The van der Waals surface area contributed by atoms with Gasteiger partial charge in [-0.2, -0.15) is 0 Å². The molecule has 0 aliphatic carbocycles. The van der Waals surface area contributed by atoms with E-state index in [1.54, 1.807) is 11.3 Å². The maximum absolute atomic E-state index is 11.5. The van der Waals surface area contributed by atoms with E-state index in [1.165, 1.54) is 11.1 Å². The monoisotopic (exact) mass is 335 g/mol. The lowest BCUT2D eigenvalue weighted by atomic mass is 10.1. The molecule has 1 amide bonds. The minimum atomic E-state index is 0.0533. The van der Waals surface area contributed by atoms with E-state index < -0.39 is 0 Å². The maximum Gasteiger partial charge on any atom is 0.228 e. The van der Waals surface area contributed by atoms with Crippen molar-refractivity contribution in [2.75, 3.05) is 10.6 Å². The van der Waals surface area contributed by atoms with Crippen molar-refractivity contribution in [3.05, 3.63) is 58.5 Å². The van der Waals surface area contributed by atoms with E-state index in [0.717, 1.165) is 33.3 Å². The predicted octanol–water partition coefficient (Wildman–Crippen LogP) is 4.67. The molecule has 0 spiro atoms. The number of carbonyl (C=O) groups excluding carboxylic acids is 1. The molecular weight excluding hydrogens is 318 g/mol. The van der Waals surface area contributed by atoms with Crippen LogP contribution in [0.15, 0.2) is 41.8 Å². The van der Waals surface area contributed by atoms with Crippen molar-refractivity contribution in [2.24, 2.45) is 0 Å². The smallest absolute Gasteiger partial charge is 0.228 e. The highest BCUT2D eigenvalue weighted by Gasteiger charge is 2.18. The van der Waals surface area contributed by atoms with Gasteiger partial charge in [-0.3, -0.25) is 4.79 Å². The van der Waals surface area contributed by atoms with Crippen LogP contribution in [0.2, 0.25) is 0 Å². The van der Waals surface area contributed by atoms with Crippen molar-refractivity contribution in [1.82, 2.24) is 4.98 Å². The zero-order chi connectivity index (χ0) is 16.7. The molecule has 2 N–H and O–H groups in total. The normalized spacial score (nSPS) is 12.8. The van der Waals surface area contributed by atoms with Crippen LogP contribution >= 0.6 is 11.3 Å². The first-order valence-corrected chi connectivity index (χ1v) is 8.69. The average molecular weight is 335 g/mol. The topological polar surface area (TPSA) is 54.0 Å². The number of aromatic nitrogens is 1. The summed E-state index contributed by atoms with van der Waals surface area (Å²) in [6.45, 7) is 4.21. The molecule has 0 unspecified atom stereocenters. The Hall–Kier alpha value is -2.66. The number of thiazole rings is 1. The first kappa shape index (κ1) is 14.9. The van der Waals surface area contributed by atoms with Crippen molar-refractivity contribution in [2.45, 2.75) is 20.3 Å². The summed E-state index contributed by atoms with van der Waals surface area (Å²) in [5.74, 6) is 0.0533. The number of nitrogens with zero attached hydrogens (tertiary/aromatic N) is 1. The number of hydrogen-bond donors (Lipinski definition) is 2. The van der Waals surface area contributed by atoms with Crippen LogP contribution in [0.4, 0.5) is 16.5 Å². The van der Waals surface area contributed by atoms with Crippen LogP contribution in [0.1, 0.15) is 16.7 Å². The molecule has 0 saturated heterocycles. The van der Waals surface area contributed by atoms with Gasteiger partial charge in [0.1, 0.15) is 0 Å². The van der Waals surface area contributed by atoms with Gasteiger partial charge in [0.2, 0.25) is 5.91 Å². The summed E-state index contributed by atoms with van der Waals surface area (Å²) in [5.41, 5.74) is 7.49. The second-order valence-electron chi connectivity index (χ2n) is 6.06. The Morgan fingerprint density at radius 2 is 2.00 bits per heavy atom. The van der Waals surface area contributed by atoms with Crippen LogP contribution in [0.3, 0.4) is 0 Å². The minimum absolute atomic E-state index is 0.0533. The van der Waals surface area contributed by atoms with Gasteiger partial charge in [-0.1, -0.05) is 12.1 Å². The number of anilines is 3. The molecule has 0 radical (unpaired) electrons. The fraction of sp³-hybridized carbons (Fsp3) is 0.158. The van der Waals surface area contributed by atoms with Gasteiger partial charge in [-0.25, -0.2) is 4.98 Å². The van der Waals surface area contributed by atoms with E-state index in [9.17, 15) is 4.79 Å². The Bertz CT molecular complexity index is 946. The maximum atomic E-state index is 11.5. The molecule has 5 heteroatoms. The average Bonchev–Trinajstić information content (AvgIpc) is 3.15. The van der Waals surface area contributed by atoms with Crippen LogP contribution in [0, 0.1) is 13.8 Å². The van der Waals surface area contributed by atoms with Gasteiger partial charge in [-0.15, -0.1) is 11.3 Å². The number of amides is 1. The summed E-state index contributed by atoms with van der Waals surface area (Å²) in [4.78, 5) is 16.1. The third-order valence-corrected chi connectivity index (χ3v) is 5.05. The summed E-state index contributed by atoms with van der Waals surface area (Å²) in [6.07, 6.45) is 0.445. The zero-order valence-electron chi connectivity index (χ0n) is 13.5.